The molecule has 0 saturated heterocycles. The molecule has 150 valence electrons. The van der Waals surface area contributed by atoms with E-state index in [0.717, 1.165) is 12.8 Å². The maximum Gasteiger partial charge on any atom is 0.119 e. The van der Waals surface area contributed by atoms with E-state index in [0.29, 0.717) is 5.75 Å². The van der Waals surface area contributed by atoms with E-state index in [1.165, 1.54) is 107 Å². The van der Waals surface area contributed by atoms with Gasteiger partial charge < -0.3 is 5.11 Å². The second-order valence-corrected chi connectivity index (χ2v) is 8.10. The molecule has 1 N–H and O–H groups in total. The first-order chi connectivity index (χ1) is 12.7. The van der Waals surface area contributed by atoms with Crippen LogP contribution in [-0.4, -0.2) is 5.11 Å². The molecule has 1 aromatic rings. The molecular formula is C25H44O. The van der Waals surface area contributed by atoms with Gasteiger partial charge in [0.05, 0.1) is 0 Å². The summed E-state index contributed by atoms with van der Waals surface area (Å²) < 4.78 is 0. The number of phenolic OH excluding ortho intramolecular Hbond substituents is 1. The van der Waals surface area contributed by atoms with Crippen LogP contribution in [0, 0.1) is 6.92 Å². The summed E-state index contributed by atoms with van der Waals surface area (Å²) in [4.78, 5) is 0. The van der Waals surface area contributed by atoms with Crippen molar-refractivity contribution in [2.75, 3.05) is 0 Å². The third-order valence-electron chi connectivity index (χ3n) is 5.70. The second-order valence-electron chi connectivity index (χ2n) is 8.10. The first kappa shape index (κ1) is 23.1. The lowest BCUT2D eigenvalue weighted by atomic mass is 9.92. The summed E-state index contributed by atoms with van der Waals surface area (Å²) in [7, 11) is 0. The molecule has 0 bridgehead atoms. The van der Waals surface area contributed by atoms with Crippen LogP contribution in [-0.2, 0) is 12.8 Å². The molecule has 0 aromatic heterocycles. The maximum absolute atomic E-state index is 10.4. The molecule has 0 amide bonds. The van der Waals surface area contributed by atoms with Gasteiger partial charge in [-0.1, -0.05) is 97.0 Å². The Kier molecular flexibility index (Phi) is 13.4. The molecule has 1 rings (SSSR count). The number of aryl methyl sites for hydroxylation is 1. The average Bonchev–Trinajstić information content (AvgIpc) is 2.64. The molecule has 0 radical (unpaired) electrons. The van der Waals surface area contributed by atoms with E-state index in [1.807, 2.05) is 6.07 Å². The minimum Gasteiger partial charge on any atom is -0.508 e. The first-order valence-corrected chi connectivity index (χ1v) is 11.5. The lowest BCUT2D eigenvalue weighted by molar-refractivity contribution is 0.463. The van der Waals surface area contributed by atoms with Gasteiger partial charge in [0.2, 0.25) is 0 Å². The van der Waals surface area contributed by atoms with Gasteiger partial charge in [0.25, 0.3) is 0 Å². The predicted molar refractivity (Wildman–Crippen MR) is 116 cm³/mol. The van der Waals surface area contributed by atoms with Gasteiger partial charge in [0.15, 0.2) is 0 Å². The van der Waals surface area contributed by atoms with E-state index in [-0.39, 0.29) is 0 Å². The highest BCUT2D eigenvalue weighted by Crippen LogP contribution is 2.28. The van der Waals surface area contributed by atoms with Crippen LogP contribution in [0.3, 0.4) is 0 Å². The van der Waals surface area contributed by atoms with Crippen molar-refractivity contribution in [1.29, 1.82) is 0 Å². The van der Waals surface area contributed by atoms with Crippen molar-refractivity contribution in [2.24, 2.45) is 0 Å². The van der Waals surface area contributed by atoms with E-state index in [1.54, 1.807) is 0 Å². The highest BCUT2D eigenvalue weighted by molar-refractivity contribution is 5.44. The fraction of sp³-hybridized carbons (Fsp3) is 0.760. The molecule has 0 saturated carbocycles. The predicted octanol–water partition coefficient (Wildman–Crippen LogP) is 8.29. The molecule has 0 aliphatic carbocycles. The normalized spacial score (nSPS) is 11.2. The Morgan fingerprint density at radius 2 is 1.00 bits per heavy atom. The molecule has 0 atom stereocenters. The molecular weight excluding hydrogens is 316 g/mol. The van der Waals surface area contributed by atoms with E-state index in [2.05, 4.69) is 26.8 Å². The number of hydrogen-bond acceptors (Lipinski definition) is 1. The zero-order chi connectivity index (χ0) is 19.0. The van der Waals surface area contributed by atoms with Crippen molar-refractivity contribution >= 4 is 0 Å². The van der Waals surface area contributed by atoms with Crippen molar-refractivity contribution in [2.45, 2.75) is 124 Å². The number of hydrogen-bond donors (Lipinski definition) is 1. The summed E-state index contributed by atoms with van der Waals surface area (Å²) >= 11 is 0. The van der Waals surface area contributed by atoms with E-state index in [9.17, 15) is 5.11 Å². The molecule has 1 heteroatoms. The van der Waals surface area contributed by atoms with Gasteiger partial charge in [-0.15, -0.1) is 0 Å². The lowest BCUT2D eigenvalue weighted by Crippen LogP contribution is -1.99. The van der Waals surface area contributed by atoms with Gasteiger partial charge >= 0.3 is 0 Å². The third kappa shape index (κ3) is 9.64. The van der Waals surface area contributed by atoms with Crippen LogP contribution >= 0.6 is 0 Å². The second kappa shape index (κ2) is 15.1. The molecule has 1 aromatic carbocycles. The Morgan fingerprint density at radius 1 is 0.577 bits per heavy atom. The Labute approximate surface area is 163 Å². The van der Waals surface area contributed by atoms with Gasteiger partial charge in [-0.3, -0.25) is 0 Å². The van der Waals surface area contributed by atoms with Gasteiger partial charge in [-0.05, 0) is 55.4 Å². The SMILES string of the molecule is CCCCCCCCCCCCc1c(O)ccc(C)c1CCCCCC. The van der Waals surface area contributed by atoms with Crippen LogP contribution in [0.1, 0.15) is 120 Å². The van der Waals surface area contributed by atoms with Crippen molar-refractivity contribution in [3.63, 3.8) is 0 Å². The maximum atomic E-state index is 10.4. The highest BCUT2D eigenvalue weighted by atomic mass is 16.3. The fourth-order valence-corrected chi connectivity index (χ4v) is 3.94. The van der Waals surface area contributed by atoms with Crippen molar-refractivity contribution in [1.82, 2.24) is 0 Å². The van der Waals surface area contributed by atoms with Crippen LogP contribution in [0.25, 0.3) is 0 Å². The minimum atomic E-state index is 0.525. The smallest absolute Gasteiger partial charge is 0.119 e. The zero-order valence-electron chi connectivity index (χ0n) is 17.9. The topological polar surface area (TPSA) is 20.2 Å². The van der Waals surface area contributed by atoms with E-state index >= 15 is 0 Å². The van der Waals surface area contributed by atoms with Crippen LogP contribution in [0.2, 0.25) is 0 Å². The third-order valence-corrected chi connectivity index (χ3v) is 5.70. The summed E-state index contributed by atoms with van der Waals surface area (Å²) in [6.07, 6.45) is 21.0. The Hall–Kier alpha value is -0.980. The Bertz CT molecular complexity index is 463. The molecule has 1 nitrogen and oxygen atoms in total. The van der Waals surface area contributed by atoms with Gasteiger partial charge in [0, 0.05) is 0 Å². The largest absolute Gasteiger partial charge is 0.508 e. The number of rotatable bonds is 16. The Morgan fingerprint density at radius 3 is 1.54 bits per heavy atom. The van der Waals surface area contributed by atoms with E-state index < -0.39 is 0 Å². The standard InChI is InChI=1S/C25H44O/c1-4-6-8-10-11-12-13-14-15-17-19-24-23(18-16-9-7-5-2)22(3)20-21-25(24)26/h20-21,26H,4-19H2,1-3H3. The van der Waals surface area contributed by atoms with Gasteiger partial charge in [-0.2, -0.15) is 0 Å². The van der Waals surface area contributed by atoms with Crippen LogP contribution in [0.15, 0.2) is 12.1 Å². The minimum absolute atomic E-state index is 0.525. The van der Waals surface area contributed by atoms with Crippen molar-refractivity contribution in [3.8, 4) is 5.75 Å². The van der Waals surface area contributed by atoms with Crippen LogP contribution in [0.5, 0.6) is 5.75 Å². The zero-order valence-corrected chi connectivity index (χ0v) is 17.9. The monoisotopic (exact) mass is 360 g/mol. The molecule has 0 spiro atoms. The van der Waals surface area contributed by atoms with Crippen LogP contribution in [0.4, 0.5) is 0 Å². The van der Waals surface area contributed by atoms with Crippen molar-refractivity contribution in [3.05, 3.63) is 28.8 Å². The molecule has 0 aliphatic heterocycles. The summed E-state index contributed by atoms with van der Waals surface area (Å²) in [5.74, 6) is 0.525. The summed E-state index contributed by atoms with van der Waals surface area (Å²) in [6, 6.07) is 3.99. The number of phenols is 1. The van der Waals surface area contributed by atoms with E-state index in [4.69, 9.17) is 0 Å². The lowest BCUT2D eigenvalue weighted by Gasteiger charge is -2.15. The van der Waals surface area contributed by atoms with Gasteiger partial charge in [0.1, 0.15) is 5.75 Å². The molecule has 0 fully saturated rings. The Balaban J connectivity index is 2.29. The quantitative estimate of drug-likeness (QED) is 0.294. The molecule has 0 unspecified atom stereocenters. The molecule has 0 aliphatic rings. The van der Waals surface area contributed by atoms with Gasteiger partial charge in [-0.25, -0.2) is 0 Å². The highest BCUT2D eigenvalue weighted by Gasteiger charge is 2.10. The molecule has 0 heterocycles. The average molecular weight is 361 g/mol. The summed E-state index contributed by atoms with van der Waals surface area (Å²) in [6.45, 7) is 6.75. The van der Waals surface area contributed by atoms with Crippen molar-refractivity contribution < 1.29 is 5.11 Å². The molecule has 26 heavy (non-hydrogen) atoms. The fourth-order valence-electron chi connectivity index (χ4n) is 3.94. The summed E-state index contributed by atoms with van der Waals surface area (Å²) in [5, 5.41) is 10.4. The summed E-state index contributed by atoms with van der Waals surface area (Å²) in [5.41, 5.74) is 4.03. The number of aromatic hydroxyl groups is 1. The number of benzene rings is 1. The first-order valence-electron chi connectivity index (χ1n) is 11.5. The number of unbranched alkanes of at least 4 members (excludes halogenated alkanes) is 12. The van der Waals surface area contributed by atoms with Crippen LogP contribution < -0.4 is 0 Å².